The quantitative estimate of drug-likeness (QED) is 0.377. The summed E-state index contributed by atoms with van der Waals surface area (Å²) in [5.41, 5.74) is 1.68. The standard InChI is InChI=1S/C29H30F3N3O3/c1-37-25-12-6-5-11-24(25)33-16-14-22(15-17-33)34-19-21-9-7-13-26(38-2)27(21)35(28(34)36)18-20-8-3-4-10-23(20)29(30,31)32/h3-13,22H,14-19H2,1-2H3. The second-order valence-electron chi connectivity index (χ2n) is 9.51. The van der Waals surface area contributed by atoms with Crippen molar-refractivity contribution in [2.45, 2.75) is 38.1 Å². The van der Waals surface area contributed by atoms with Crippen molar-refractivity contribution in [3.8, 4) is 11.5 Å². The number of carbonyl (C=O) groups excluding carboxylic acids is 1. The number of benzene rings is 3. The van der Waals surface area contributed by atoms with Gasteiger partial charge < -0.3 is 19.3 Å². The van der Waals surface area contributed by atoms with Gasteiger partial charge in [0.1, 0.15) is 11.5 Å². The molecule has 9 heteroatoms. The predicted octanol–water partition coefficient (Wildman–Crippen LogP) is 6.33. The number of ether oxygens (including phenoxy) is 2. The summed E-state index contributed by atoms with van der Waals surface area (Å²) >= 11 is 0. The second-order valence-corrected chi connectivity index (χ2v) is 9.51. The maximum absolute atomic E-state index is 14.0. The van der Waals surface area contributed by atoms with E-state index in [1.807, 2.05) is 36.4 Å². The van der Waals surface area contributed by atoms with Crippen molar-refractivity contribution in [1.29, 1.82) is 0 Å². The zero-order valence-corrected chi connectivity index (χ0v) is 21.4. The molecule has 0 atom stereocenters. The van der Waals surface area contributed by atoms with Crippen LogP contribution in [0.1, 0.15) is 29.5 Å². The Bertz CT molecular complexity index is 1310. The summed E-state index contributed by atoms with van der Waals surface area (Å²) in [6.07, 6.45) is -3.06. The molecule has 0 aliphatic carbocycles. The molecule has 0 bridgehead atoms. The monoisotopic (exact) mass is 525 g/mol. The van der Waals surface area contributed by atoms with Gasteiger partial charge in [-0.3, -0.25) is 4.90 Å². The number of urea groups is 1. The molecule has 2 heterocycles. The van der Waals surface area contributed by atoms with Crippen LogP contribution in [0.15, 0.2) is 66.7 Å². The Hall–Kier alpha value is -3.88. The van der Waals surface area contributed by atoms with E-state index < -0.39 is 11.7 Å². The third-order valence-corrected chi connectivity index (χ3v) is 7.37. The summed E-state index contributed by atoms with van der Waals surface area (Å²) < 4.78 is 52.4. The highest BCUT2D eigenvalue weighted by atomic mass is 19.4. The van der Waals surface area contributed by atoms with E-state index in [-0.39, 0.29) is 24.2 Å². The fourth-order valence-electron chi connectivity index (χ4n) is 5.51. The van der Waals surface area contributed by atoms with Gasteiger partial charge in [-0.25, -0.2) is 4.79 Å². The van der Waals surface area contributed by atoms with Crippen molar-refractivity contribution in [2.24, 2.45) is 0 Å². The van der Waals surface area contributed by atoms with Gasteiger partial charge in [-0.1, -0.05) is 42.5 Å². The maximum Gasteiger partial charge on any atom is 0.416 e. The third kappa shape index (κ3) is 4.85. The summed E-state index contributed by atoms with van der Waals surface area (Å²) in [5, 5.41) is 0. The number of alkyl halides is 3. The lowest BCUT2D eigenvalue weighted by atomic mass is 9.98. The van der Waals surface area contributed by atoms with Gasteiger partial charge in [-0.05, 0) is 48.2 Å². The van der Waals surface area contributed by atoms with Crippen molar-refractivity contribution in [3.05, 3.63) is 83.4 Å². The first-order valence-corrected chi connectivity index (χ1v) is 12.6. The first-order valence-electron chi connectivity index (χ1n) is 12.6. The van der Waals surface area contributed by atoms with Gasteiger partial charge in [0.05, 0.1) is 37.7 Å². The van der Waals surface area contributed by atoms with E-state index in [1.54, 1.807) is 24.1 Å². The summed E-state index contributed by atoms with van der Waals surface area (Å²) in [7, 11) is 3.15. The minimum absolute atomic E-state index is 0.0399. The van der Waals surface area contributed by atoms with Crippen LogP contribution in [-0.2, 0) is 19.3 Å². The predicted molar refractivity (Wildman–Crippen MR) is 140 cm³/mol. The molecule has 0 spiro atoms. The zero-order valence-electron chi connectivity index (χ0n) is 21.4. The van der Waals surface area contributed by atoms with Gasteiger partial charge in [0.25, 0.3) is 0 Å². The highest BCUT2D eigenvalue weighted by molar-refractivity contribution is 5.97. The van der Waals surface area contributed by atoms with Gasteiger partial charge in [-0.2, -0.15) is 13.2 Å². The molecule has 200 valence electrons. The van der Waals surface area contributed by atoms with Crippen molar-refractivity contribution in [3.63, 3.8) is 0 Å². The maximum atomic E-state index is 14.0. The molecule has 3 aromatic rings. The van der Waals surface area contributed by atoms with Gasteiger partial charge in [-0.15, -0.1) is 0 Å². The summed E-state index contributed by atoms with van der Waals surface area (Å²) in [4.78, 5) is 19.4. The Kier molecular flexibility index (Phi) is 7.10. The number of nitrogens with zero attached hydrogens (tertiary/aromatic N) is 3. The molecule has 0 saturated carbocycles. The Morgan fingerprint density at radius 3 is 2.24 bits per heavy atom. The molecule has 0 aromatic heterocycles. The molecular formula is C29H30F3N3O3. The summed E-state index contributed by atoms with van der Waals surface area (Å²) in [6, 6.07) is 18.4. The van der Waals surface area contributed by atoms with Crippen molar-refractivity contribution >= 4 is 17.4 Å². The number of para-hydroxylation sites is 3. The fourth-order valence-corrected chi connectivity index (χ4v) is 5.51. The average Bonchev–Trinajstić information content (AvgIpc) is 2.93. The van der Waals surface area contributed by atoms with Gasteiger partial charge in [0, 0.05) is 25.7 Å². The number of amides is 2. The number of anilines is 2. The summed E-state index contributed by atoms with van der Waals surface area (Å²) in [5.74, 6) is 1.27. The van der Waals surface area contributed by atoms with Crippen molar-refractivity contribution in [2.75, 3.05) is 37.1 Å². The van der Waals surface area contributed by atoms with E-state index in [9.17, 15) is 18.0 Å². The Labute approximate surface area is 220 Å². The number of fused-ring (bicyclic) bond motifs is 1. The fraction of sp³-hybridized carbons (Fsp3) is 0.345. The molecule has 2 aliphatic rings. The summed E-state index contributed by atoms with van der Waals surface area (Å²) in [6.45, 7) is 1.63. The molecule has 2 aliphatic heterocycles. The first kappa shape index (κ1) is 25.8. The van der Waals surface area contributed by atoms with Crippen LogP contribution in [0, 0.1) is 0 Å². The molecule has 0 unspecified atom stereocenters. The van der Waals surface area contributed by atoms with Crippen LogP contribution in [0.3, 0.4) is 0 Å². The molecule has 1 saturated heterocycles. The molecule has 3 aromatic carbocycles. The van der Waals surface area contributed by atoms with E-state index in [1.165, 1.54) is 24.1 Å². The van der Waals surface area contributed by atoms with Crippen LogP contribution < -0.4 is 19.3 Å². The second kappa shape index (κ2) is 10.5. The van der Waals surface area contributed by atoms with E-state index in [0.717, 1.165) is 49.0 Å². The van der Waals surface area contributed by atoms with Gasteiger partial charge >= 0.3 is 12.2 Å². The Balaban J connectivity index is 1.43. The van der Waals surface area contributed by atoms with Crippen LogP contribution in [-0.4, -0.2) is 44.3 Å². The third-order valence-electron chi connectivity index (χ3n) is 7.37. The normalized spacial score (nSPS) is 16.4. The van der Waals surface area contributed by atoms with Crippen molar-refractivity contribution in [1.82, 2.24) is 4.90 Å². The molecule has 2 amide bonds. The number of piperidine rings is 1. The number of carbonyl (C=O) groups is 1. The lowest BCUT2D eigenvalue weighted by molar-refractivity contribution is -0.138. The van der Waals surface area contributed by atoms with Gasteiger partial charge in [0.2, 0.25) is 0 Å². The highest BCUT2D eigenvalue weighted by Gasteiger charge is 2.39. The number of hydrogen-bond donors (Lipinski definition) is 0. The lowest BCUT2D eigenvalue weighted by Gasteiger charge is -2.44. The Morgan fingerprint density at radius 1 is 0.868 bits per heavy atom. The molecule has 0 radical (unpaired) electrons. The zero-order chi connectivity index (χ0) is 26.9. The number of hydrogen-bond acceptors (Lipinski definition) is 4. The van der Waals surface area contributed by atoms with Gasteiger partial charge in [0.15, 0.2) is 0 Å². The molecular weight excluding hydrogens is 495 g/mol. The average molecular weight is 526 g/mol. The molecule has 5 rings (SSSR count). The van der Waals surface area contributed by atoms with Crippen LogP contribution in [0.4, 0.5) is 29.3 Å². The molecule has 0 N–H and O–H groups in total. The van der Waals surface area contributed by atoms with Crippen molar-refractivity contribution < 1.29 is 27.4 Å². The van der Waals surface area contributed by atoms with Crippen LogP contribution >= 0.6 is 0 Å². The van der Waals surface area contributed by atoms with E-state index in [0.29, 0.717) is 18.0 Å². The van der Waals surface area contributed by atoms with E-state index >= 15 is 0 Å². The first-order chi connectivity index (χ1) is 18.3. The van der Waals surface area contributed by atoms with E-state index in [4.69, 9.17) is 9.47 Å². The Morgan fingerprint density at radius 2 is 1.53 bits per heavy atom. The SMILES string of the molecule is COc1ccccc1N1CCC(N2Cc3cccc(OC)c3N(Cc3ccccc3C(F)(F)F)C2=O)CC1. The number of rotatable bonds is 6. The van der Waals surface area contributed by atoms with Crippen LogP contribution in [0.2, 0.25) is 0 Å². The molecule has 38 heavy (non-hydrogen) atoms. The smallest absolute Gasteiger partial charge is 0.416 e. The van der Waals surface area contributed by atoms with Crippen LogP contribution in [0.25, 0.3) is 0 Å². The largest absolute Gasteiger partial charge is 0.495 e. The number of methoxy groups -OCH3 is 2. The lowest BCUT2D eigenvalue weighted by Crippen LogP contribution is -2.54. The minimum atomic E-state index is -4.52. The topological polar surface area (TPSA) is 45.2 Å². The molecule has 1 fully saturated rings. The van der Waals surface area contributed by atoms with Crippen LogP contribution in [0.5, 0.6) is 11.5 Å². The number of halogens is 3. The highest BCUT2D eigenvalue weighted by Crippen LogP contribution is 2.41. The molecule has 6 nitrogen and oxygen atoms in total. The van der Waals surface area contributed by atoms with E-state index in [2.05, 4.69) is 4.90 Å². The minimum Gasteiger partial charge on any atom is -0.495 e.